The molecule has 0 rings (SSSR count). The SMILES string of the molecule is CCOC(=O)N(C)C. The highest BCUT2D eigenvalue weighted by Crippen LogP contribution is 1.82. The Hall–Kier alpha value is -0.730. The largest absolute Gasteiger partial charge is 0.450 e. The first-order valence-electron chi connectivity index (χ1n) is 2.52. The van der Waals surface area contributed by atoms with E-state index in [0.29, 0.717) is 6.61 Å². The predicted octanol–water partition coefficient (Wildman–Crippen LogP) is 0.705. The molecule has 0 saturated heterocycles. The van der Waals surface area contributed by atoms with Gasteiger partial charge in [-0.15, -0.1) is 0 Å². The van der Waals surface area contributed by atoms with Crippen LogP contribution in [0.3, 0.4) is 0 Å². The maximum Gasteiger partial charge on any atom is 0.409 e. The van der Waals surface area contributed by atoms with E-state index in [-0.39, 0.29) is 6.09 Å². The van der Waals surface area contributed by atoms with Crippen molar-refractivity contribution in [2.24, 2.45) is 0 Å². The van der Waals surface area contributed by atoms with Gasteiger partial charge in [-0.1, -0.05) is 0 Å². The number of carbonyl (C=O) groups is 1. The highest BCUT2D eigenvalue weighted by atomic mass is 16.5. The van der Waals surface area contributed by atoms with Gasteiger partial charge in [0.1, 0.15) is 0 Å². The van der Waals surface area contributed by atoms with Gasteiger partial charge in [0, 0.05) is 14.1 Å². The van der Waals surface area contributed by atoms with Gasteiger partial charge < -0.3 is 9.64 Å². The lowest BCUT2D eigenvalue weighted by Gasteiger charge is -2.07. The third kappa shape index (κ3) is 2.44. The Morgan fingerprint density at radius 2 is 2.12 bits per heavy atom. The number of hydrogen-bond acceptors (Lipinski definition) is 2. The minimum absolute atomic E-state index is 0.285. The number of rotatable bonds is 1. The molecule has 0 heterocycles. The van der Waals surface area contributed by atoms with Crippen molar-refractivity contribution in [3.63, 3.8) is 0 Å². The molecule has 0 radical (unpaired) electrons. The standard InChI is InChI=1S/C5H11NO2/c1-4-8-5(7)6(2)3/h4H2,1-3H3. The van der Waals surface area contributed by atoms with Crippen LogP contribution in [0.15, 0.2) is 0 Å². The summed E-state index contributed by atoms with van der Waals surface area (Å²) in [6.07, 6.45) is -0.285. The zero-order valence-corrected chi connectivity index (χ0v) is 5.47. The Morgan fingerprint density at radius 3 is 2.25 bits per heavy atom. The summed E-state index contributed by atoms with van der Waals surface area (Å²) in [6.45, 7) is 2.22. The van der Waals surface area contributed by atoms with E-state index in [9.17, 15) is 4.79 Å². The van der Waals surface area contributed by atoms with Crippen LogP contribution in [0.1, 0.15) is 6.92 Å². The summed E-state index contributed by atoms with van der Waals surface area (Å²) in [7, 11) is 3.30. The number of ether oxygens (including phenoxy) is 1. The molecule has 3 heteroatoms. The first-order chi connectivity index (χ1) is 3.68. The van der Waals surface area contributed by atoms with E-state index in [1.165, 1.54) is 4.90 Å². The van der Waals surface area contributed by atoms with Crippen molar-refractivity contribution in [2.75, 3.05) is 20.7 Å². The Labute approximate surface area is 49.2 Å². The van der Waals surface area contributed by atoms with Crippen molar-refractivity contribution in [2.45, 2.75) is 6.92 Å². The molecule has 0 aromatic heterocycles. The normalized spacial score (nSPS) is 8.38. The Morgan fingerprint density at radius 1 is 1.62 bits per heavy atom. The summed E-state index contributed by atoms with van der Waals surface area (Å²) in [4.78, 5) is 11.8. The first-order valence-corrected chi connectivity index (χ1v) is 2.52. The minimum Gasteiger partial charge on any atom is -0.450 e. The van der Waals surface area contributed by atoms with E-state index in [0.717, 1.165) is 0 Å². The molecule has 0 saturated carbocycles. The molecule has 3 nitrogen and oxygen atoms in total. The average Bonchev–Trinajstić information content (AvgIpc) is 1.67. The number of amides is 1. The lowest BCUT2D eigenvalue weighted by Crippen LogP contribution is -2.22. The van der Waals surface area contributed by atoms with Gasteiger partial charge in [-0.05, 0) is 6.92 Å². The van der Waals surface area contributed by atoms with Crippen molar-refractivity contribution < 1.29 is 9.53 Å². The molecular formula is C5H11NO2. The number of hydrogen-bond donors (Lipinski definition) is 0. The smallest absolute Gasteiger partial charge is 0.409 e. The van der Waals surface area contributed by atoms with Crippen molar-refractivity contribution in [1.29, 1.82) is 0 Å². The fourth-order valence-electron chi connectivity index (χ4n) is 0.253. The second kappa shape index (κ2) is 3.29. The van der Waals surface area contributed by atoms with Crippen LogP contribution < -0.4 is 0 Å². The molecule has 0 atom stereocenters. The second-order valence-electron chi connectivity index (χ2n) is 1.59. The number of carbonyl (C=O) groups excluding carboxylic acids is 1. The fourth-order valence-corrected chi connectivity index (χ4v) is 0.253. The molecule has 0 fully saturated rings. The first kappa shape index (κ1) is 7.27. The van der Waals surface area contributed by atoms with E-state index in [4.69, 9.17) is 0 Å². The van der Waals surface area contributed by atoms with Gasteiger partial charge in [-0.3, -0.25) is 0 Å². The van der Waals surface area contributed by atoms with E-state index in [1.54, 1.807) is 21.0 Å². The van der Waals surface area contributed by atoms with Crippen LogP contribution in [-0.4, -0.2) is 31.7 Å². The third-order valence-electron chi connectivity index (χ3n) is 0.633. The molecule has 0 aromatic rings. The van der Waals surface area contributed by atoms with Crippen LogP contribution in [-0.2, 0) is 4.74 Å². The molecular weight excluding hydrogens is 106 g/mol. The fraction of sp³-hybridized carbons (Fsp3) is 0.800. The molecule has 0 N–H and O–H groups in total. The monoisotopic (exact) mass is 117 g/mol. The van der Waals surface area contributed by atoms with Crippen molar-refractivity contribution in [1.82, 2.24) is 4.90 Å². The number of nitrogens with zero attached hydrogens (tertiary/aromatic N) is 1. The summed E-state index contributed by atoms with van der Waals surface area (Å²) in [6, 6.07) is 0. The van der Waals surface area contributed by atoms with Gasteiger partial charge in [-0.2, -0.15) is 0 Å². The summed E-state index contributed by atoms with van der Waals surface area (Å²) < 4.78 is 4.59. The maximum absolute atomic E-state index is 10.4. The summed E-state index contributed by atoms with van der Waals surface area (Å²) in [5, 5.41) is 0. The van der Waals surface area contributed by atoms with Crippen LogP contribution in [0.25, 0.3) is 0 Å². The summed E-state index contributed by atoms with van der Waals surface area (Å²) >= 11 is 0. The van der Waals surface area contributed by atoms with Gasteiger partial charge in [0.05, 0.1) is 6.61 Å². The van der Waals surface area contributed by atoms with Crippen molar-refractivity contribution in [3.05, 3.63) is 0 Å². The molecule has 8 heavy (non-hydrogen) atoms. The highest BCUT2D eigenvalue weighted by Gasteiger charge is 1.99. The summed E-state index contributed by atoms with van der Waals surface area (Å²) in [5.74, 6) is 0. The van der Waals surface area contributed by atoms with Crippen LogP contribution in [0.5, 0.6) is 0 Å². The molecule has 48 valence electrons. The van der Waals surface area contributed by atoms with E-state index < -0.39 is 0 Å². The van der Waals surface area contributed by atoms with Crippen LogP contribution in [0, 0.1) is 0 Å². The zero-order valence-electron chi connectivity index (χ0n) is 5.47. The second-order valence-corrected chi connectivity index (χ2v) is 1.59. The van der Waals surface area contributed by atoms with Gasteiger partial charge in [0.2, 0.25) is 0 Å². The molecule has 1 amide bonds. The molecule has 0 spiro atoms. The zero-order chi connectivity index (χ0) is 6.57. The van der Waals surface area contributed by atoms with Gasteiger partial charge >= 0.3 is 6.09 Å². The molecule has 0 aromatic carbocycles. The van der Waals surface area contributed by atoms with Crippen molar-refractivity contribution >= 4 is 6.09 Å². The lowest BCUT2D eigenvalue weighted by atomic mass is 10.8. The van der Waals surface area contributed by atoms with Gasteiger partial charge in [-0.25, -0.2) is 4.79 Å². The van der Waals surface area contributed by atoms with E-state index in [2.05, 4.69) is 4.74 Å². The van der Waals surface area contributed by atoms with Gasteiger partial charge in [0.15, 0.2) is 0 Å². The predicted molar refractivity (Wildman–Crippen MR) is 30.7 cm³/mol. The molecule has 0 unspecified atom stereocenters. The van der Waals surface area contributed by atoms with Crippen LogP contribution in [0.2, 0.25) is 0 Å². The average molecular weight is 117 g/mol. The minimum atomic E-state index is -0.285. The molecule has 0 bridgehead atoms. The van der Waals surface area contributed by atoms with E-state index >= 15 is 0 Å². The van der Waals surface area contributed by atoms with Crippen LogP contribution in [0.4, 0.5) is 4.79 Å². The van der Waals surface area contributed by atoms with Crippen molar-refractivity contribution in [3.8, 4) is 0 Å². The Kier molecular flexibility index (Phi) is 2.99. The Bertz CT molecular complexity index is 80.5. The molecule has 0 aliphatic rings. The molecule has 0 aliphatic heterocycles. The quantitative estimate of drug-likeness (QED) is 0.506. The lowest BCUT2D eigenvalue weighted by molar-refractivity contribution is 0.124. The Balaban J connectivity index is 3.33. The van der Waals surface area contributed by atoms with E-state index in [1.807, 2.05) is 0 Å². The molecule has 0 aliphatic carbocycles. The maximum atomic E-state index is 10.4. The third-order valence-corrected chi connectivity index (χ3v) is 0.633. The van der Waals surface area contributed by atoms with Gasteiger partial charge in [0.25, 0.3) is 0 Å². The highest BCUT2D eigenvalue weighted by molar-refractivity contribution is 5.66. The van der Waals surface area contributed by atoms with Crippen LogP contribution >= 0.6 is 0 Å². The topological polar surface area (TPSA) is 29.5 Å². The summed E-state index contributed by atoms with van der Waals surface area (Å²) in [5.41, 5.74) is 0.